The third kappa shape index (κ3) is 3.52. The summed E-state index contributed by atoms with van der Waals surface area (Å²) in [6, 6.07) is 9.31. The largest absolute Gasteiger partial charge is 0.464 e. The number of aromatic nitrogens is 2. The second-order valence-electron chi connectivity index (χ2n) is 4.09. The zero-order chi connectivity index (χ0) is 14.4. The summed E-state index contributed by atoms with van der Waals surface area (Å²) in [4.78, 5) is 19.1. The van der Waals surface area contributed by atoms with E-state index in [1.165, 1.54) is 19.5 Å². The highest BCUT2D eigenvalue weighted by atomic mass is 16.5. The van der Waals surface area contributed by atoms with Crippen molar-refractivity contribution < 1.29 is 14.6 Å². The molecule has 1 aromatic heterocycles. The summed E-state index contributed by atoms with van der Waals surface area (Å²) in [5.41, 5.74) is 0.959. The van der Waals surface area contributed by atoms with Crippen molar-refractivity contribution in [3.8, 4) is 0 Å². The van der Waals surface area contributed by atoms with Crippen LogP contribution in [-0.4, -0.2) is 34.7 Å². The van der Waals surface area contributed by atoms with Gasteiger partial charge in [0, 0.05) is 6.54 Å². The van der Waals surface area contributed by atoms with Crippen LogP contribution in [0.4, 0.5) is 5.82 Å². The lowest BCUT2D eigenvalue weighted by Gasteiger charge is -2.12. The van der Waals surface area contributed by atoms with Crippen LogP contribution in [0.25, 0.3) is 0 Å². The number of carbonyl (C=O) groups is 1. The van der Waals surface area contributed by atoms with Crippen LogP contribution in [0.5, 0.6) is 0 Å². The van der Waals surface area contributed by atoms with Crippen LogP contribution in [0, 0.1) is 0 Å². The molecule has 0 saturated carbocycles. The highest BCUT2D eigenvalue weighted by molar-refractivity contribution is 5.86. The number of benzene rings is 1. The van der Waals surface area contributed by atoms with Crippen LogP contribution in [0.2, 0.25) is 0 Å². The van der Waals surface area contributed by atoms with Crippen molar-refractivity contribution in [1.82, 2.24) is 9.97 Å². The molecule has 0 bridgehead atoms. The Bertz CT molecular complexity index is 558. The molecule has 2 rings (SSSR count). The van der Waals surface area contributed by atoms with Crippen molar-refractivity contribution >= 4 is 11.8 Å². The second kappa shape index (κ2) is 6.63. The lowest BCUT2D eigenvalue weighted by molar-refractivity contribution is 0.0593. The fraction of sp³-hybridized carbons (Fsp3) is 0.214. The summed E-state index contributed by atoms with van der Waals surface area (Å²) in [7, 11) is 1.28. The number of rotatable bonds is 5. The van der Waals surface area contributed by atoms with Crippen molar-refractivity contribution in [2.45, 2.75) is 6.10 Å². The van der Waals surface area contributed by atoms with Crippen molar-refractivity contribution in [2.24, 2.45) is 0 Å². The Kier molecular flexibility index (Phi) is 4.62. The molecule has 6 nitrogen and oxygen atoms in total. The predicted molar refractivity (Wildman–Crippen MR) is 73.3 cm³/mol. The number of hydrogen-bond acceptors (Lipinski definition) is 6. The number of esters is 1. The summed E-state index contributed by atoms with van der Waals surface area (Å²) in [6.07, 6.45) is 2.10. The number of aliphatic hydroxyl groups is 1. The van der Waals surface area contributed by atoms with E-state index in [1.54, 1.807) is 0 Å². The van der Waals surface area contributed by atoms with Crippen LogP contribution in [0.3, 0.4) is 0 Å². The monoisotopic (exact) mass is 273 g/mol. The van der Waals surface area contributed by atoms with E-state index < -0.39 is 12.1 Å². The standard InChI is InChI=1S/C14H15N3O3/c1-20-14(19)11-7-16-13(9-15-11)17-8-12(18)10-5-3-2-4-6-10/h2-7,9,12,18H,8H2,1H3,(H,16,17). The smallest absolute Gasteiger partial charge is 0.358 e. The first-order chi connectivity index (χ1) is 9.70. The van der Waals surface area contributed by atoms with Crippen LogP contribution < -0.4 is 5.32 Å². The van der Waals surface area contributed by atoms with Crippen LogP contribution in [0.15, 0.2) is 42.7 Å². The Morgan fingerprint density at radius 1 is 1.30 bits per heavy atom. The molecule has 1 aromatic carbocycles. The quantitative estimate of drug-likeness (QED) is 0.801. The first-order valence-corrected chi connectivity index (χ1v) is 6.08. The van der Waals surface area contributed by atoms with Crippen molar-refractivity contribution in [3.05, 3.63) is 54.0 Å². The second-order valence-corrected chi connectivity index (χ2v) is 4.09. The summed E-state index contributed by atoms with van der Waals surface area (Å²) in [5, 5.41) is 12.9. The van der Waals surface area contributed by atoms with Gasteiger partial charge in [0.2, 0.25) is 0 Å². The minimum absolute atomic E-state index is 0.140. The Balaban J connectivity index is 1.93. The van der Waals surface area contributed by atoms with Crippen molar-refractivity contribution in [3.63, 3.8) is 0 Å². The minimum Gasteiger partial charge on any atom is -0.464 e. The number of carbonyl (C=O) groups excluding carboxylic acids is 1. The van der Waals surface area contributed by atoms with E-state index in [-0.39, 0.29) is 5.69 Å². The van der Waals surface area contributed by atoms with E-state index in [1.807, 2.05) is 30.3 Å². The van der Waals surface area contributed by atoms with Gasteiger partial charge in [-0.05, 0) is 5.56 Å². The van der Waals surface area contributed by atoms with Gasteiger partial charge in [0.1, 0.15) is 5.82 Å². The van der Waals surface area contributed by atoms with Gasteiger partial charge >= 0.3 is 5.97 Å². The minimum atomic E-state index is -0.640. The highest BCUT2D eigenvalue weighted by Gasteiger charge is 2.09. The van der Waals surface area contributed by atoms with E-state index >= 15 is 0 Å². The van der Waals surface area contributed by atoms with E-state index in [0.29, 0.717) is 12.4 Å². The molecule has 0 saturated heterocycles. The molecule has 2 aromatic rings. The Morgan fingerprint density at radius 3 is 2.65 bits per heavy atom. The number of nitrogens with zero attached hydrogens (tertiary/aromatic N) is 2. The van der Waals surface area contributed by atoms with Gasteiger partial charge in [0.05, 0.1) is 25.6 Å². The molecule has 1 unspecified atom stereocenters. The van der Waals surface area contributed by atoms with Gasteiger partial charge in [-0.25, -0.2) is 14.8 Å². The average Bonchev–Trinajstić information content (AvgIpc) is 2.53. The molecule has 0 aliphatic heterocycles. The van der Waals surface area contributed by atoms with Gasteiger partial charge in [0.25, 0.3) is 0 Å². The van der Waals surface area contributed by atoms with Crippen molar-refractivity contribution in [2.75, 3.05) is 19.0 Å². The maximum absolute atomic E-state index is 11.2. The molecular formula is C14H15N3O3. The summed E-state index contributed by atoms with van der Waals surface area (Å²) in [6.45, 7) is 0.302. The van der Waals surface area contributed by atoms with Gasteiger partial charge in [-0.3, -0.25) is 0 Å². The third-order valence-electron chi connectivity index (χ3n) is 2.71. The average molecular weight is 273 g/mol. The summed E-state index contributed by atoms with van der Waals surface area (Å²) in [5.74, 6) is -0.0546. The Hall–Kier alpha value is -2.47. The number of anilines is 1. The highest BCUT2D eigenvalue weighted by Crippen LogP contribution is 2.12. The number of aliphatic hydroxyl groups excluding tert-OH is 1. The predicted octanol–water partition coefficient (Wildman–Crippen LogP) is 1.41. The molecule has 104 valence electrons. The van der Waals surface area contributed by atoms with Gasteiger partial charge in [-0.2, -0.15) is 0 Å². The first-order valence-electron chi connectivity index (χ1n) is 6.08. The van der Waals surface area contributed by atoms with Gasteiger partial charge in [-0.15, -0.1) is 0 Å². The Morgan fingerprint density at radius 2 is 2.05 bits per heavy atom. The van der Waals surface area contributed by atoms with E-state index in [0.717, 1.165) is 5.56 Å². The van der Waals surface area contributed by atoms with E-state index in [9.17, 15) is 9.90 Å². The molecule has 0 radical (unpaired) electrons. The van der Waals surface area contributed by atoms with Gasteiger partial charge < -0.3 is 15.2 Å². The maximum Gasteiger partial charge on any atom is 0.358 e. The first kappa shape index (κ1) is 14.0. The zero-order valence-electron chi connectivity index (χ0n) is 11.0. The molecule has 0 amide bonds. The molecule has 0 spiro atoms. The molecular weight excluding hydrogens is 258 g/mol. The fourth-order valence-corrected chi connectivity index (χ4v) is 1.62. The van der Waals surface area contributed by atoms with Crippen LogP contribution >= 0.6 is 0 Å². The fourth-order valence-electron chi connectivity index (χ4n) is 1.62. The third-order valence-corrected chi connectivity index (χ3v) is 2.71. The molecule has 6 heteroatoms. The van der Waals surface area contributed by atoms with Gasteiger partial charge in [-0.1, -0.05) is 30.3 Å². The number of hydrogen-bond donors (Lipinski definition) is 2. The molecule has 1 atom stereocenters. The summed E-state index contributed by atoms with van der Waals surface area (Å²) < 4.78 is 4.53. The van der Waals surface area contributed by atoms with E-state index in [2.05, 4.69) is 20.0 Å². The molecule has 0 aliphatic carbocycles. The number of ether oxygens (including phenoxy) is 1. The lowest BCUT2D eigenvalue weighted by atomic mass is 10.1. The normalized spacial score (nSPS) is 11.7. The summed E-state index contributed by atoms with van der Waals surface area (Å²) >= 11 is 0. The topological polar surface area (TPSA) is 84.3 Å². The lowest BCUT2D eigenvalue weighted by Crippen LogP contribution is -2.13. The van der Waals surface area contributed by atoms with Crippen LogP contribution in [-0.2, 0) is 4.74 Å². The molecule has 0 fully saturated rings. The SMILES string of the molecule is COC(=O)c1cnc(NCC(O)c2ccccc2)cn1. The van der Waals surface area contributed by atoms with Gasteiger partial charge in [0.15, 0.2) is 5.69 Å². The Labute approximate surface area is 116 Å². The molecule has 0 aliphatic rings. The van der Waals surface area contributed by atoms with Crippen molar-refractivity contribution in [1.29, 1.82) is 0 Å². The number of nitrogens with one attached hydrogen (secondary N) is 1. The molecule has 1 heterocycles. The van der Waals surface area contributed by atoms with Crippen LogP contribution in [0.1, 0.15) is 22.2 Å². The maximum atomic E-state index is 11.2. The van der Waals surface area contributed by atoms with E-state index in [4.69, 9.17) is 0 Å². The number of methoxy groups -OCH3 is 1. The zero-order valence-corrected chi connectivity index (χ0v) is 11.0. The molecule has 20 heavy (non-hydrogen) atoms. The molecule has 2 N–H and O–H groups in total.